The molecule has 1 fully saturated rings. The molecule has 0 bridgehead atoms. The predicted molar refractivity (Wildman–Crippen MR) is 47.3 cm³/mol. The van der Waals surface area contributed by atoms with Crippen molar-refractivity contribution in [3.8, 4) is 0 Å². The summed E-state index contributed by atoms with van der Waals surface area (Å²) in [6.45, 7) is 0.587. The first-order chi connectivity index (χ1) is 6.83. The third kappa shape index (κ3) is 4.55. The van der Waals surface area contributed by atoms with Crippen molar-refractivity contribution in [3.05, 3.63) is 0 Å². The molecule has 0 aromatic rings. The van der Waals surface area contributed by atoms with Crippen LogP contribution in [0.2, 0.25) is 0 Å². The van der Waals surface area contributed by atoms with Crippen LogP contribution in [-0.4, -0.2) is 33.0 Å². The van der Waals surface area contributed by atoms with E-state index in [9.17, 15) is 4.79 Å². The molecule has 0 aromatic carbocycles. The van der Waals surface area contributed by atoms with Gasteiger partial charge in [0.25, 0.3) is 0 Å². The number of hydrogen-bond donors (Lipinski definition) is 0. The zero-order valence-electron chi connectivity index (χ0n) is 8.36. The zero-order chi connectivity index (χ0) is 10.2. The summed E-state index contributed by atoms with van der Waals surface area (Å²) in [6, 6.07) is 0. The lowest BCUT2D eigenvalue weighted by Gasteiger charge is -2.22. The smallest absolute Gasteiger partial charge is 0.305 e. The molecular formula is C9H16O5. The minimum Gasteiger partial charge on any atom is -0.469 e. The molecule has 0 unspecified atom stereocenters. The maximum absolute atomic E-state index is 10.8. The lowest BCUT2D eigenvalue weighted by atomic mass is 10.2. The van der Waals surface area contributed by atoms with E-state index in [0.717, 1.165) is 19.3 Å². The van der Waals surface area contributed by atoms with Crippen LogP contribution in [0.3, 0.4) is 0 Å². The number of carbonyl (C=O) groups is 1. The fourth-order valence-corrected chi connectivity index (χ4v) is 1.18. The van der Waals surface area contributed by atoms with Crippen LogP contribution in [-0.2, 0) is 23.7 Å². The number of ether oxygens (including phenoxy) is 4. The van der Waals surface area contributed by atoms with Gasteiger partial charge in [-0.2, -0.15) is 0 Å². The maximum atomic E-state index is 10.8. The van der Waals surface area contributed by atoms with Crippen molar-refractivity contribution < 1.29 is 23.7 Å². The molecule has 0 aliphatic carbocycles. The Bertz CT molecular complexity index is 165. The number of rotatable bonds is 5. The molecule has 0 N–H and O–H groups in total. The van der Waals surface area contributed by atoms with Gasteiger partial charge in [-0.15, -0.1) is 0 Å². The van der Waals surface area contributed by atoms with Crippen LogP contribution in [0.25, 0.3) is 0 Å². The Labute approximate surface area is 83.3 Å². The number of unbranched alkanes of at least 4 members (excludes halogenated alkanes) is 1. The highest BCUT2D eigenvalue weighted by atomic mass is 16.8. The fraction of sp³-hybridized carbons (Fsp3) is 0.889. The van der Waals surface area contributed by atoms with Gasteiger partial charge in [0.1, 0.15) is 0 Å². The van der Waals surface area contributed by atoms with Gasteiger partial charge in [0.15, 0.2) is 19.9 Å². The molecule has 0 aromatic heterocycles. The summed E-state index contributed by atoms with van der Waals surface area (Å²) in [7, 11) is 1.40. The van der Waals surface area contributed by atoms with Gasteiger partial charge in [0, 0.05) is 6.42 Å². The second-order valence-corrected chi connectivity index (χ2v) is 3.02. The molecule has 1 heterocycles. The first-order valence-corrected chi connectivity index (χ1v) is 4.70. The Kier molecular flexibility index (Phi) is 5.51. The summed E-state index contributed by atoms with van der Waals surface area (Å²) in [4.78, 5) is 10.8. The SMILES string of the molecule is COC(=O)CCCCC1OCOCO1. The average Bonchev–Trinajstić information content (AvgIpc) is 2.25. The molecule has 14 heavy (non-hydrogen) atoms. The molecule has 82 valence electrons. The van der Waals surface area contributed by atoms with Gasteiger partial charge in [0.05, 0.1) is 7.11 Å². The summed E-state index contributed by atoms with van der Waals surface area (Å²) < 4.78 is 19.7. The molecule has 1 rings (SSSR count). The molecule has 1 aliphatic heterocycles. The monoisotopic (exact) mass is 204 g/mol. The second-order valence-electron chi connectivity index (χ2n) is 3.02. The summed E-state index contributed by atoms with van der Waals surface area (Å²) in [5, 5.41) is 0. The first-order valence-electron chi connectivity index (χ1n) is 4.70. The minimum atomic E-state index is -0.179. The Morgan fingerprint density at radius 3 is 2.71 bits per heavy atom. The molecular weight excluding hydrogens is 188 g/mol. The summed E-state index contributed by atoms with van der Waals surface area (Å²) in [5.41, 5.74) is 0. The van der Waals surface area contributed by atoms with Crippen molar-refractivity contribution >= 4 is 5.97 Å². The van der Waals surface area contributed by atoms with Gasteiger partial charge < -0.3 is 18.9 Å². The molecule has 0 radical (unpaired) electrons. The van der Waals surface area contributed by atoms with E-state index in [2.05, 4.69) is 4.74 Å². The third-order valence-corrected chi connectivity index (χ3v) is 1.97. The molecule has 5 heteroatoms. The number of esters is 1. The highest BCUT2D eigenvalue weighted by molar-refractivity contribution is 5.68. The van der Waals surface area contributed by atoms with E-state index < -0.39 is 0 Å². The predicted octanol–water partition coefficient (Wildman–Crippen LogP) is 1.02. The molecule has 1 aliphatic rings. The zero-order valence-corrected chi connectivity index (χ0v) is 8.36. The lowest BCUT2D eigenvalue weighted by molar-refractivity contribution is -0.300. The van der Waals surface area contributed by atoms with Crippen molar-refractivity contribution in [2.24, 2.45) is 0 Å². The second kappa shape index (κ2) is 6.75. The standard InChI is InChI=1S/C9H16O5/c1-11-8(10)4-2-3-5-9-13-6-12-7-14-9/h9H,2-7H2,1H3. The van der Waals surface area contributed by atoms with E-state index in [-0.39, 0.29) is 12.3 Å². The van der Waals surface area contributed by atoms with Crippen molar-refractivity contribution in [2.75, 3.05) is 20.7 Å². The van der Waals surface area contributed by atoms with E-state index in [1.54, 1.807) is 0 Å². The fourth-order valence-electron chi connectivity index (χ4n) is 1.18. The van der Waals surface area contributed by atoms with Crippen LogP contribution < -0.4 is 0 Å². The molecule has 5 nitrogen and oxygen atoms in total. The van der Waals surface area contributed by atoms with Gasteiger partial charge in [-0.1, -0.05) is 0 Å². The first kappa shape index (κ1) is 11.4. The molecule has 1 saturated heterocycles. The van der Waals surface area contributed by atoms with Crippen LogP contribution >= 0.6 is 0 Å². The van der Waals surface area contributed by atoms with Gasteiger partial charge in [0.2, 0.25) is 0 Å². The van der Waals surface area contributed by atoms with Gasteiger partial charge in [-0.25, -0.2) is 0 Å². The molecule has 0 spiro atoms. The van der Waals surface area contributed by atoms with Crippen LogP contribution in [0.1, 0.15) is 25.7 Å². The number of hydrogen-bond acceptors (Lipinski definition) is 5. The normalized spacial score (nSPS) is 18.1. The topological polar surface area (TPSA) is 54.0 Å². The summed E-state index contributed by atoms with van der Waals surface area (Å²) in [5.74, 6) is -0.168. The Balaban J connectivity index is 1.94. The van der Waals surface area contributed by atoms with Crippen LogP contribution in [0.4, 0.5) is 0 Å². The maximum Gasteiger partial charge on any atom is 0.305 e. The van der Waals surface area contributed by atoms with E-state index in [0.29, 0.717) is 20.0 Å². The molecule has 0 amide bonds. The van der Waals surface area contributed by atoms with E-state index in [4.69, 9.17) is 14.2 Å². The van der Waals surface area contributed by atoms with Gasteiger partial charge in [-0.05, 0) is 19.3 Å². The van der Waals surface area contributed by atoms with E-state index >= 15 is 0 Å². The summed E-state index contributed by atoms with van der Waals surface area (Å²) >= 11 is 0. The lowest BCUT2D eigenvalue weighted by Crippen LogP contribution is -2.26. The van der Waals surface area contributed by atoms with E-state index in [1.165, 1.54) is 7.11 Å². The quantitative estimate of drug-likeness (QED) is 0.494. The number of carbonyl (C=O) groups excluding carboxylic acids is 1. The Morgan fingerprint density at radius 1 is 1.36 bits per heavy atom. The Hall–Kier alpha value is -0.650. The summed E-state index contributed by atoms with van der Waals surface area (Å²) in [6.07, 6.45) is 2.76. The average molecular weight is 204 g/mol. The van der Waals surface area contributed by atoms with Crippen molar-refractivity contribution in [3.63, 3.8) is 0 Å². The molecule has 0 saturated carbocycles. The van der Waals surface area contributed by atoms with Crippen LogP contribution in [0.5, 0.6) is 0 Å². The largest absolute Gasteiger partial charge is 0.469 e. The minimum absolute atomic E-state index is 0.168. The highest BCUT2D eigenvalue weighted by Crippen LogP contribution is 2.11. The van der Waals surface area contributed by atoms with E-state index in [1.807, 2.05) is 0 Å². The number of methoxy groups -OCH3 is 1. The van der Waals surface area contributed by atoms with Crippen molar-refractivity contribution in [1.82, 2.24) is 0 Å². The van der Waals surface area contributed by atoms with Crippen LogP contribution in [0.15, 0.2) is 0 Å². The van der Waals surface area contributed by atoms with Crippen molar-refractivity contribution in [1.29, 1.82) is 0 Å². The highest BCUT2D eigenvalue weighted by Gasteiger charge is 2.13. The Morgan fingerprint density at radius 2 is 2.07 bits per heavy atom. The van der Waals surface area contributed by atoms with Gasteiger partial charge >= 0.3 is 5.97 Å². The van der Waals surface area contributed by atoms with Gasteiger partial charge in [-0.3, -0.25) is 4.79 Å². The third-order valence-electron chi connectivity index (χ3n) is 1.97. The van der Waals surface area contributed by atoms with Crippen LogP contribution in [0, 0.1) is 0 Å². The van der Waals surface area contributed by atoms with Crippen molar-refractivity contribution in [2.45, 2.75) is 32.0 Å². The molecule has 0 atom stereocenters.